The van der Waals surface area contributed by atoms with Crippen LogP contribution in [0.2, 0.25) is 0 Å². The van der Waals surface area contributed by atoms with Gasteiger partial charge in [0.2, 0.25) is 0 Å². The van der Waals surface area contributed by atoms with Crippen LogP contribution in [0, 0.1) is 0 Å². The van der Waals surface area contributed by atoms with Crippen LogP contribution < -0.4 is 19.6 Å². The second-order valence-corrected chi connectivity index (χ2v) is 10.1. The largest absolute Gasteiger partial charge is 0.490 e. The van der Waals surface area contributed by atoms with E-state index < -0.39 is 18.0 Å². The molecule has 0 spiro atoms. The van der Waals surface area contributed by atoms with E-state index in [1.807, 2.05) is 12.1 Å². The molecule has 0 fully saturated rings. The lowest BCUT2D eigenvalue weighted by Gasteiger charge is -2.24. The average molecular weight is 571 g/mol. The minimum Gasteiger partial charge on any atom is -0.490 e. The van der Waals surface area contributed by atoms with Crippen molar-refractivity contribution < 1.29 is 28.6 Å². The van der Waals surface area contributed by atoms with E-state index >= 15 is 0 Å². The Kier molecular flexibility index (Phi) is 7.84. The van der Waals surface area contributed by atoms with E-state index in [-0.39, 0.29) is 23.3 Å². The first-order valence-electron chi connectivity index (χ1n) is 12.8. The molecule has 4 aromatic rings. The number of hydrogen-bond donors (Lipinski definition) is 1. The number of aromatic nitrogens is 1. The molecule has 208 valence electrons. The van der Waals surface area contributed by atoms with Crippen molar-refractivity contribution in [3.8, 4) is 17.1 Å². The van der Waals surface area contributed by atoms with Crippen LogP contribution in [0.25, 0.3) is 17.4 Å². The van der Waals surface area contributed by atoms with E-state index in [9.17, 15) is 14.4 Å². The molecule has 10 heteroatoms. The maximum Gasteiger partial charge on any atom is 0.338 e. The summed E-state index contributed by atoms with van der Waals surface area (Å²) in [4.78, 5) is 43.0. The average Bonchev–Trinajstić information content (AvgIpc) is 3.55. The Labute approximate surface area is 238 Å². The first kappa shape index (κ1) is 27.6. The topological polar surface area (TPSA) is 120 Å². The Hall–Kier alpha value is -4.96. The number of carboxylic acids is 1. The van der Waals surface area contributed by atoms with Crippen LogP contribution >= 0.6 is 11.3 Å². The third-order valence-electron chi connectivity index (χ3n) is 6.40. The van der Waals surface area contributed by atoms with Gasteiger partial charge >= 0.3 is 11.9 Å². The number of carbonyl (C=O) groups is 2. The highest BCUT2D eigenvalue weighted by Crippen LogP contribution is 2.32. The fourth-order valence-electron chi connectivity index (χ4n) is 4.50. The number of esters is 1. The van der Waals surface area contributed by atoms with Crippen molar-refractivity contribution >= 4 is 29.4 Å². The lowest BCUT2D eigenvalue weighted by Crippen LogP contribution is -2.39. The van der Waals surface area contributed by atoms with Crippen LogP contribution in [-0.4, -0.2) is 34.8 Å². The van der Waals surface area contributed by atoms with Gasteiger partial charge in [0.05, 0.1) is 34.0 Å². The number of hydrogen-bond acceptors (Lipinski definition) is 8. The number of nitrogens with zero attached hydrogens (tertiary/aromatic N) is 2. The van der Waals surface area contributed by atoms with Crippen LogP contribution in [0.4, 0.5) is 0 Å². The molecular weight excluding hydrogens is 544 g/mol. The molecule has 0 saturated heterocycles. The maximum absolute atomic E-state index is 13.8. The van der Waals surface area contributed by atoms with Crippen LogP contribution in [0.1, 0.15) is 41.6 Å². The van der Waals surface area contributed by atoms with Gasteiger partial charge in [-0.15, -0.1) is 0 Å². The van der Waals surface area contributed by atoms with Crippen molar-refractivity contribution in [2.45, 2.75) is 19.9 Å². The number of carbonyl (C=O) groups excluding carboxylic acids is 1. The van der Waals surface area contributed by atoms with Gasteiger partial charge in [-0.3, -0.25) is 9.36 Å². The van der Waals surface area contributed by atoms with Gasteiger partial charge in [0.1, 0.15) is 23.9 Å². The molecule has 1 N–H and O–H groups in total. The normalized spacial score (nSPS) is 14.8. The molecule has 41 heavy (non-hydrogen) atoms. The van der Waals surface area contributed by atoms with E-state index in [0.717, 1.165) is 0 Å². The van der Waals surface area contributed by atoms with Gasteiger partial charge in [-0.2, -0.15) is 0 Å². The molecule has 9 nitrogen and oxygen atoms in total. The summed E-state index contributed by atoms with van der Waals surface area (Å²) in [5.74, 6) is 0.0474. The van der Waals surface area contributed by atoms with E-state index in [1.165, 1.54) is 28.0 Å². The zero-order chi connectivity index (χ0) is 29.1. The summed E-state index contributed by atoms with van der Waals surface area (Å²) < 4.78 is 18.8. The molecule has 5 rings (SSSR count). The molecule has 2 aromatic heterocycles. The lowest BCUT2D eigenvalue weighted by atomic mass is 9.96. The maximum atomic E-state index is 13.8. The minimum absolute atomic E-state index is 0.174. The summed E-state index contributed by atoms with van der Waals surface area (Å²) in [7, 11) is 0. The second kappa shape index (κ2) is 11.6. The first-order valence-corrected chi connectivity index (χ1v) is 13.6. The van der Waals surface area contributed by atoms with Gasteiger partial charge in [-0.1, -0.05) is 48.3 Å². The zero-order valence-corrected chi connectivity index (χ0v) is 23.1. The fraction of sp³-hybridized carbons (Fsp3) is 0.161. The number of thiazole rings is 1. The highest BCUT2D eigenvalue weighted by molar-refractivity contribution is 7.07. The predicted octanol–water partition coefficient (Wildman–Crippen LogP) is 4.32. The third kappa shape index (κ3) is 5.55. The molecule has 0 radical (unpaired) electrons. The molecular formula is C31H26N2O7S. The first-order chi connectivity index (χ1) is 19.8. The SMILES string of the molecule is C=CCOc1ccc([C@@H]2C(C(=O)OCC)=C(C)N=c3sc(=Cc4ccc(-c5ccc(C(=O)O)cc5)o4)c(=O)n32)cc1. The Balaban J connectivity index is 1.57. The van der Waals surface area contributed by atoms with Gasteiger partial charge in [0, 0.05) is 11.6 Å². The van der Waals surface area contributed by atoms with Crippen LogP contribution in [-0.2, 0) is 9.53 Å². The number of furan rings is 1. The number of carboxylic acid groups (broad SMARTS) is 1. The monoisotopic (exact) mass is 570 g/mol. The Morgan fingerprint density at radius 1 is 1.12 bits per heavy atom. The van der Waals surface area contributed by atoms with Crippen molar-refractivity contribution in [2.75, 3.05) is 13.2 Å². The lowest BCUT2D eigenvalue weighted by molar-refractivity contribution is -0.139. The quantitative estimate of drug-likeness (QED) is 0.235. The van der Waals surface area contributed by atoms with E-state index in [1.54, 1.807) is 62.4 Å². The molecule has 3 heterocycles. The van der Waals surface area contributed by atoms with Gasteiger partial charge < -0.3 is 19.0 Å². The van der Waals surface area contributed by atoms with Gasteiger partial charge in [0.25, 0.3) is 5.56 Å². The molecule has 0 amide bonds. The molecule has 0 aliphatic carbocycles. The zero-order valence-electron chi connectivity index (χ0n) is 22.3. The smallest absolute Gasteiger partial charge is 0.338 e. The van der Waals surface area contributed by atoms with Crippen molar-refractivity contribution in [1.29, 1.82) is 0 Å². The van der Waals surface area contributed by atoms with Crippen LogP contribution in [0.5, 0.6) is 5.75 Å². The van der Waals surface area contributed by atoms with Gasteiger partial charge in [-0.05, 0) is 55.8 Å². The summed E-state index contributed by atoms with van der Waals surface area (Å²) in [6.07, 6.45) is 3.28. The molecule has 2 aromatic carbocycles. The molecule has 0 bridgehead atoms. The van der Waals surface area contributed by atoms with Crippen molar-refractivity contribution in [1.82, 2.24) is 4.57 Å². The third-order valence-corrected chi connectivity index (χ3v) is 7.38. The van der Waals surface area contributed by atoms with Crippen molar-refractivity contribution in [2.24, 2.45) is 4.99 Å². The summed E-state index contributed by atoms with van der Waals surface area (Å²) in [5.41, 5.74) is 2.00. The molecule has 1 atom stereocenters. The molecule has 0 unspecified atom stereocenters. The minimum atomic E-state index is -1.01. The fourth-order valence-corrected chi connectivity index (χ4v) is 5.53. The Morgan fingerprint density at radius 3 is 2.51 bits per heavy atom. The van der Waals surface area contributed by atoms with Gasteiger partial charge in [0.15, 0.2) is 4.80 Å². The standard InChI is InChI=1S/C31H26N2O7S/c1-4-16-39-22-12-10-20(11-13-22)27-26(30(37)38-5-2)18(3)32-31-33(27)28(34)25(41-31)17-23-14-15-24(40-23)19-6-8-21(9-7-19)29(35)36/h4,6-15,17,27H,1,5,16H2,2-3H3,(H,35,36)/t27-/m1/s1. The molecule has 1 aliphatic heterocycles. The molecule has 1 aliphatic rings. The number of allylic oxidation sites excluding steroid dienone is 1. The van der Waals surface area contributed by atoms with Gasteiger partial charge in [-0.25, -0.2) is 14.6 Å². The van der Waals surface area contributed by atoms with E-state index in [0.29, 0.717) is 50.0 Å². The van der Waals surface area contributed by atoms with Crippen molar-refractivity contribution in [3.05, 3.63) is 121 Å². The summed E-state index contributed by atoms with van der Waals surface area (Å²) in [6, 6.07) is 16.2. The Morgan fingerprint density at radius 2 is 1.85 bits per heavy atom. The highest BCUT2D eigenvalue weighted by atomic mass is 32.1. The highest BCUT2D eigenvalue weighted by Gasteiger charge is 2.33. The Bertz CT molecular complexity index is 1840. The number of ether oxygens (including phenoxy) is 2. The number of rotatable bonds is 9. The van der Waals surface area contributed by atoms with E-state index in [4.69, 9.17) is 19.0 Å². The van der Waals surface area contributed by atoms with Crippen molar-refractivity contribution in [3.63, 3.8) is 0 Å². The van der Waals surface area contributed by atoms with Crippen LogP contribution in [0.15, 0.2) is 98.8 Å². The number of benzene rings is 2. The predicted molar refractivity (Wildman–Crippen MR) is 154 cm³/mol. The summed E-state index contributed by atoms with van der Waals surface area (Å²) in [5, 5.41) is 9.13. The molecule has 0 saturated carbocycles. The number of aromatic carboxylic acids is 1. The van der Waals surface area contributed by atoms with Crippen LogP contribution in [0.3, 0.4) is 0 Å². The van der Waals surface area contributed by atoms with E-state index in [2.05, 4.69) is 11.6 Å². The number of fused-ring (bicyclic) bond motifs is 1. The summed E-state index contributed by atoms with van der Waals surface area (Å²) >= 11 is 1.19. The second-order valence-electron chi connectivity index (χ2n) is 9.06. The summed E-state index contributed by atoms with van der Waals surface area (Å²) in [6.45, 7) is 7.64.